The molecule has 1 aliphatic rings. The highest BCUT2D eigenvalue weighted by molar-refractivity contribution is 6.34. The van der Waals surface area contributed by atoms with Crippen molar-refractivity contribution in [2.45, 2.75) is 6.42 Å². The van der Waals surface area contributed by atoms with Gasteiger partial charge in [0.1, 0.15) is 10.8 Å². The Morgan fingerprint density at radius 1 is 1.50 bits per heavy atom. The minimum Gasteiger partial charge on any atom is -0.506 e. The lowest BCUT2D eigenvalue weighted by Crippen LogP contribution is -2.22. The molecule has 1 fully saturated rings. The van der Waals surface area contributed by atoms with Crippen LogP contribution in [0.25, 0.3) is 0 Å². The molecule has 0 saturated carbocycles. The van der Waals surface area contributed by atoms with Gasteiger partial charge in [0.25, 0.3) is 0 Å². The number of carbonyl (C=O) groups is 1. The fourth-order valence-corrected chi connectivity index (χ4v) is 2.18. The minimum atomic E-state index is -0.779. The lowest BCUT2D eigenvalue weighted by molar-refractivity contribution is -0.140. The number of hydrogen-bond acceptors (Lipinski definition) is 3. The van der Waals surface area contributed by atoms with Gasteiger partial charge in [-0.3, -0.25) is 4.79 Å². The number of phenols is 1. The monoisotopic (exact) mass is 241 g/mol. The van der Waals surface area contributed by atoms with Gasteiger partial charge in [0.05, 0.1) is 11.6 Å². The Morgan fingerprint density at radius 3 is 2.88 bits per heavy atom. The number of anilines is 1. The number of rotatable bonds is 2. The Hall–Kier alpha value is -1.42. The van der Waals surface area contributed by atoms with Crippen molar-refractivity contribution in [3.63, 3.8) is 0 Å². The van der Waals surface area contributed by atoms with Gasteiger partial charge in [-0.05, 0) is 18.6 Å². The number of aliphatic carboxylic acids is 1. The maximum atomic E-state index is 10.8. The molecule has 5 heteroatoms. The standard InChI is InChI=1S/C11H12ClNO3/c12-10-8(2-1-3-9(10)14)13-5-4-7(6-13)11(15)16/h1-3,7,14H,4-6H2,(H,15,16)/t7-/m0/s1. The van der Waals surface area contributed by atoms with E-state index in [2.05, 4.69) is 0 Å². The molecule has 0 spiro atoms. The zero-order valence-corrected chi connectivity index (χ0v) is 9.31. The third-order valence-corrected chi connectivity index (χ3v) is 3.22. The summed E-state index contributed by atoms with van der Waals surface area (Å²) in [7, 11) is 0. The summed E-state index contributed by atoms with van der Waals surface area (Å²) in [6, 6.07) is 4.99. The molecule has 1 atom stereocenters. The van der Waals surface area contributed by atoms with Crippen molar-refractivity contribution < 1.29 is 15.0 Å². The Bertz CT molecular complexity index is 422. The summed E-state index contributed by atoms with van der Waals surface area (Å²) >= 11 is 5.96. The second kappa shape index (κ2) is 4.22. The van der Waals surface area contributed by atoms with Crippen LogP contribution in [0, 0.1) is 5.92 Å². The van der Waals surface area contributed by atoms with E-state index in [0.29, 0.717) is 25.2 Å². The number of aromatic hydroxyl groups is 1. The maximum Gasteiger partial charge on any atom is 0.308 e. The van der Waals surface area contributed by atoms with Crippen molar-refractivity contribution in [1.82, 2.24) is 0 Å². The summed E-state index contributed by atoms with van der Waals surface area (Å²) in [6.45, 7) is 1.10. The average Bonchev–Trinajstić information content (AvgIpc) is 2.71. The Labute approximate surface area is 98.1 Å². The number of benzene rings is 1. The van der Waals surface area contributed by atoms with Gasteiger partial charge in [0.2, 0.25) is 0 Å². The molecular formula is C11H12ClNO3. The van der Waals surface area contributed by atoms with Crippen LogP contribution in [0.3, 0.4) is 0 Å². The van der Waals surface area contributed by atoms with Gasteiger partial charge in [0.15, 0.2) is 0 Å². The molecule has 0 amide bonds. The van der Waals surface area contributed by atoms with E-state index >= 15 is 0 Å². The molecule has 0 unspecified atom stereocenters. The van der Waals surface area contributed by atoms with Crippen LogP contribution in [0.2, 0.25) is 5.02 Å². The largest absolute Gasteiger partial charge is 0.506 e. The summed E-state index contributed by atoms with van der Waals surface area (Å²) < 4.78 is 0. The van der Waals surface area contributed by atoms with Crippen LogP contribution in [0.4, 0.5) is 5.69 Å². The summed E-state index contributed by atoms with van der Waals surface area (Å²) in [5, 5.41) is 18.6. The van der Waals surface area contributed by atoms with E-state index in [1.165, 1.54) is 6.07 Å². The molecule has 1 aliphatic heterocycles. The number of nitrogens with zero attached hydrogens (tertiary/aromatic N) is 1. The van der Waals surface area contributed by atoms with Crippen LogP contribution in [-0.4, -0.2) is 29.3 Å². The van der Waals surface area contributed by atoms with Gasteiger partial charge in [0, 0.05) is 13.1 Å². The summed E-state index contributed by atoms with van der Waals surface area (Å²) in [5.41, 5.74) is 0.699. The molecule has 2 rings (SSSR count). The molecule has 1 saturated heterocycles. The van der Waals surface area contributed by atoms with E-state index in [-0.39, 0.29) is 16.7 Å². The van der Waals surface area contributed by atoms with Crippen molar-refractivity contribution in [1.29, 1.82) is 0 Å². The molecule has 0 bridgehead atoms. The number of carboxylic acid groups (broad SMARTS) is 1. The number of phenolic OH excluding ortho intramolecular Hbond substituents is 1. The third kappa shape index (κ3) is 1.93. The molecule has 0 aliphatic carbocycles. The fraction of sp³-hybridized carbons (Fsp3) is 0.364. The molecule has 86 valence electrons. The highest BCUT2D eigenvalue weighted by atomic mass is 35.5. The summed E-state index contributed by atoms with van der Waals surface area (Å²) in [4.78, 5) is 12.7. The lowest BCUT2D eigenvalue weighted by atomic mass is 10.1. The highest BCUT2D eigenvalue weighted by Crippen LogP contribution is 2.35. The molecule has 16 heavy (non-hydrogen) atoms. The minimum absolute atomic E-state index is 0.0259. The zero-order chi connectivity index (χ0) is 11.7. The second-order valence-electron chi connectivity index (χ2n) is 3.88. The molecule has 1 heterocycles. The predicted molar refractivity (Wildman–Crippen MR) is 61.1 cm³/mol. The van der Waals surface area contributed by atoms with Gasteiger partial charge < -0.3 is 15.1 Å². The molecular weight excluding hydrogens is 230 g/mol. The van der Waals surface area contributed by atoms with Crippen molar-refractivity contribution >= 4 is 23.3 Å². The van der Waals surface area contributed by atoms with E-state index in [0.717, 1.165) is 0 Å². The molecule has 4 nitrogen and oxygen atoms in total. The van der Waals surface area contributed by atoms with E-state index in [1.807, 2.05) is 4.90 Å². The van der Waals surface area contributed by atoms with E-state index in [1.54, 1.807) is 12.1 Å². The maximum absolute atomic E-state index is 10.8. The van der Waals surface area contributed by atoms with Crippen molar-refractivity contribution in [3.8, 4) is 5.75 Å². The van der Waals surface area contributed by atoms with Crippen LogP contribution in [0.1, 0.15) is 6.42 Å². The predicted octanol–water partition coefficient (Wildman–Crippen LogP) is 1.96. The van der Waals surface area contributed by atoms with Crippen LogP contribution >= 0.6 is 11.6 Å². The fourth-order valence-electron chi connectivity index (χ4n) is 1.93. The Morgan fingerprint density at radius 2 is 2.25 bits per heavy atom. The molecule has 0 radical (unpaired) electrons. The molecule has 0 aromatic heterocycles. The molecule has 2 N–H and O–H groups in total. The molecule has 1 aromatic carbocycles. The average molecular weight is 242 g/mol. The smallest absolute Gasteiger partial charge is 0.308 e. The zero-order valence-electron chi connectivity index (χ0n) is 8.56. The van der Waals surface area contributed by atoms with Crippen molar-refractivity contribution in [2.24, 2.45) is 5.92 Å². The van der Waals surface area contributed by atoms with E-state index in [9.17, 15) is 9.90 Å². The van der Waals surface area contributed by atoms with Gasteiger partial charge in [-0.15, -0.1) is 0 Å². The topological polar surface area (TPSA) is 60.8 Å². The number of carboxylic acids is 1. The van der Waals surface area contributed by atoms with Crippen molar-refractivity contribution in [2.75, 3.05) is 18.0 Å². The van der Waals surface area contributed by atoms with Gasteiger partial charge in [-0.1, -0.05) is 17.7 Å². The Kier molecular flexibility index (Phi) is 2.92. The van der Waals surface area contributed by atoms with Gasteiger partial charge in [-0.2, -0.15) is 0 Å². The van der Waals surface area contributed by atoms with Crippen LogP contribution in [-0.2, 0) is 4.79 Å². The SMILES string of the molecule is O=C(O)[C@H]1CCN(c2cccc(O)c2Cl)C1. The second-order valence-corrected chi connectivity index (χ2v) is 4.26. The van der Waals surface area contributed by atoms with E-state index in [4.69, 9.17) is 16.7 Å². The number of hydrogen-bond donors (Lipinski definition) is 2. The number of halogens is 1. The first kappa shape index (κ1) is 11.1. The summed E-state index contributed by atoms with van der Waals surface area (Å²) in [5.74, 6) is -1.10. The molecule has 1 aromatic rings. The quantitative estimate of drug-likeness (QED) is 0.831. The first-order valence-corrected chi connectivity index (χ1v) is 5.42. The highest BCUT2D eigenvalue weighted by Gasteiger charge is 2.29. The van der Waals surface area contributed by atoms with Crippen LogP contribution in [0.15, 0.2) is 18.2 Å². The first-order chi connectivity index (χ1) is 7.59. The van der Waals surface area contributed by atoms with Gasteiger partial charge in [-0.25, -0.2) is 0 Å². The third-order valence-electron chi connectivity index (χ3n) is 2.84. The Balaban J connectivity index is 2.21. The van der Waals surface area contributed by atoms with Crippen LogP contribution in [0.5, 0.6) is 5.75 Å². The summed E-state index contributed by atoms with van der Waals surface area (Å²) in [6.07, 6.45) is 0.612. The van der Waals surface area contributed by atoms with Crippen molar-refractivity contribution in [3.05, 3.63) is 23.2 Å². The van der Waals surface area contributed by atoms with Gasteiger partial charge >= 0.3 is 5.97 Å². The lowest BCUT2D eigenvalue weighted by Gasteiger charge is -2.19. The van der Waals surface area contributed by atoms with E-state index < -0.39 is 5.97 Å². The first-order valence-electron chi connectivity index (χ1n) is 5.05. The normalized spacial score (nSPS) is 20.1. The van der Waals surface area contributed by atoms with Crippen LogP contribution < -0.4 is 4.90 Å².